The number of benzene rings is 2. The molecule has 1 aliphatic carbocycles. The van der Waals surface area contributed by atoms with E-state index in [2.05, 4.69) is 45.1 Å². The van der Waals surface area contributed by atoms with Crippen molar-refractivity contribution < 1.29 is 18.7 Å². The summed E-state index contributed by atoms with van der Waals surface area (Å²) in [6.07, 6.45) is 5.04. The number of esters is 1. The number of halogens is 2. The summed E-state index contributed by atoms with van der Waals surface area (Å²) in [4.78, 5) is 14.0. The standard InChI is InChI=1S/C27H31BrFNO3/c1-32-26(31)17-19-6-11-24-21(16-19)4-2-5-25(28)27(24)20-7-9-22(10-8-20)33-23-12-15-30(18-23)14-3-13-29/h6-11,16,23H,2-5,12-15,17-18H2,1H3/t23-/m0/s1. The molecule has 0 bridgehead atoms. The van der Waals surface area contributed by atoms with Crippen molar-refractivity contribution in [3.63, 3.8) is 0 Å². The van der Waals surface area contributed by atoms with Crippen LogP contribution in [0.4, 0.5) is 4.39 Å². The van der Waals surface area contributed by atoms with Crippen LogP contribution in [0, 0.1) is 0 Å². The number of rotatable bonds is 8. The first kappa shape index (κ1) is 24.0. The minimum Gasteiger partial charge on any atom is -0.489 e. The Labute approximate surface area is 203 Å². The number of methoxy groups -OCH3 is 1. The Morgan fingerprint density at radius 3 is 2.76 bits per heavy atom. The monoisotopic (exact) mass is 515 g/mol. The third-order valence-electron chi connectivity index (χ3n) is 6.41. The highest BCUT2D eigenvalue weighted by molar-refractivity contribution is 9.11. The summed E-state index contributed by atoms with van der Waals surface area (Å²) in [6, 6.07) is 14.6. The first-order valence-electron chi connectivity index (χ1n) is 11.7. The maximum absolute atomic E-state index is 12.4. The fraction of sp³-hybridized carbons (Fsp3) is 0.444. The number of carbonyl (C=O) groups is 1. The van der Waals surface area contributed by atoms with Gasteiger partial charge in [-0.3, -0.25) is 14.1 Å². The van der Waals surface area contributed by atoms with Crippen molar-refractivity contribution in [1.29, 1.82) is 0 Å². The van der Waals surface area contributed by atoms with E-state index in [0.29, 0.717) is 12.8 Å². The maximum Gasteiger partial charge on any atom is 0.309 e. The van der Waals surface area contributed by atoms with Crippen molar-refractivity contribution in [2.24, 2.45) is 0 Å². The Kier molecular flexibility index (Phi) is 8.20. The van der Waals surface area contributed by atoms with Gasteiger partial charge < -0.3 is 9.47 Å². The largest absolute Gasteiger partial charge is 0.489 e. The van der Waals surface area contributed by atoms with E-state index in [1.54, 1.807) is 0 Å². The predicted molar refractivity (Wildman–Crippen MR) is 133 cm³/mol. The smallest absolute Gasteiger partial charge is 0.309 e. The van der Waals surface area contributed by atoms with Crippen LogP contribution < -0.4 is 4.74 Å². The Morgan fingerprint density at radius 2 is 2.00 bits per heavy atom. The molecule has 0 radical (unpaired) electrons. The topological polar surface area (TPSA) is 38.8 Å². The van der Waals surface area contributed by atoms with Gasteiger partial charge in [-0.2, -0.15) is 0 Å². The highest BCUT2D eigenvalue weighted by Gasteiger charge is 2.24. The van der Waals surface area contributed by atoms with Crippen molar-refractivity contribution in [1.82, 2.24) is 4.90 Å². The normalized spacial score (nSPS) is 18.7. The summed E-state index contributed by atoms with van der Waals surface area (Å²) >= 11 is 3.84. The average Bonchev–Trinajstić information content (AvgIpc) is 3.20. The molecule has 0 unspecified atom stereocenters. The van der Waals surface area contributed by atoms with Gasteiger partial charge in [-0.25, -0.2) is 0 Å². The summed E-state index contributed by atoms with van der Waals surface area (Å²) in [6.45, 7) is 2.37. The molecule has 0 aromatic heterocycles. The zero-order chi connectivity index (χ0) is 23.2. The molecule has 1 heterocycles. The maximum atomic E-state index is 12.4. The highest BCUT2D eigenvalue weighted by atomic mass is 79.9. The zero-order valence-corrected chi connectivity index (χ0v) is 20.7. The van der Waals surface area contributed by atoms with Gasteiger partial charge in [0.05, 0.1) is 20.2 Å². The van der Waals surface area contributed by atoms with Gasteiger partial charge in [-0.1, -0.05) is 46.3 Å². The molecule has 1 fully saturated rings. The number of alkyl halides is 1. The molecule has 4 rings (SSSR count). The Balaban J connectivity index is 1.50. The number of hydrogen-bond donors (Lipinski definition) is 0. The molecule has 0 spiro atoms. The lowest BCUT2D eigenvalue weighted by atomic mass is 9.92. The lowest BCUT2D eigenvalue weighted by Gasteiger charge is -2.17. The summed E-state index contributed by atoms with van der Waals surface area (Å²) in [5, 5.41) is 0. The number of likely N-dealkylation sites (tertiary alicyclic amines) is 1. The molecule has 176 valence electrons. The van der Waals surface area contributed by atoms with E-state index < -0.39 is 0 Å². The fourth-order valence-electron chi connectivity index (χ4n) is 4.74. The van der Waals surface area contributed by atoms with E-state index in [9.17, 15) is 9.18 Å². The van der Waals surface area contributed by atoms with E-state index in [1.807, 2.05) is 18.2 Å². The van der Waals surface area contributed by atoms with Crippen molar-refractivity contribution in [2.75, 3.05) is 33.4 Å². The first-order valence-corrected chi connectivity index (χ1v) is 12.5. The highest BCUT2D eigenvalue weighted by Crippen LogP contribution is 2.38. The minimum atomic E-state index is -0.259. The van der Waals surface area contributed by atoms with Crippen LogP contribution in [0.5, 0.6) is 5.75 Å². The second-order valence-electron chi connectivity index (χ2n) is 8.77. The van der Waals surface area contributed by atoms with Crippen LogP contribution in [0.15, 0.2) is 46.9 Å². The Bertz CT molecular complexity index is 1000. The van der Waals surface area contributed by atoms with Gasteiger partial charge in [0.2, 0.25) is 0 Å². The molecular formula is C27H31BrFNO3. The van der Waals surface area contributed by atoms with E-state index in [0.717, 1.165) is 62.2 Å². The quantitative estimate of drug-likeness (QED) is 0.422. The molecule has 1 saturated heterocycles. The van der Waals surface area contributed by atoms with Gasteiger partial charge in [0, 0.05) is 24.1 Å². The van der Waals surface area contributed by atoms with E-state index in [-0.39, 0.29) is 18.7 Å². The van der Waals surface area contributed by atoms with Gasteiger partial charge in [0.1, 0.15) is 11.9 Å². The summed E-state index contributed by atoms with van der Waals surface area (Å²) in [5.74, 6) is 0.652. The molecule has 0 amide bonds. The van der Waals surface area contributed by atoms with Gasteiger partial charge in [0.25, 0.3) is 0 Å². The van der Waals surface area contributed by atoms with Crippen molar-refractivity contribution in [3.05, 3.63) is 69.2 Å². The van der Waals surface area contributed by atoms with Gasteiger partial charge in [0.15, 0.2) is 0 Å². The molecule has 6 heteroatoms. The van der Waals surface area contributed by atoms with Crippen LogP contribution in [0.1, 0.15) is 47.9 Å². The molecule has 33 heavy (non-hydrogen) atoms. The van der Waals surface area contributed by atoms with Crippen LogP contribution in [0.2, 0.25) is 0 Å². The van der Waals surface area contributed by atoms with Crippen LogP contribution in [0.3, 0.4) is 0 Å². The van der Waals surface area contributed by atoms with Crippen LogP contribution in [-0.2, 0) is 22.4 Å². The summed E-state index contributed by atoms with van der Waals surface area (Å²) in [7, 11) is 1.42. The van der Waals surface area contributed by atoms with Crippen molar-refractivity contribution >= 4 is 27.5 Å². The molecule has 1 aliphatic heterocycles. The second-order valence-corrected chi connectivity index (χ2v) is 9.73. The third kappa shape index (κ3) is 6.04. The van der Waals surface area contributed by atoms with E-state index >= 15 is 0 Å². The Morgan fingerprint density at radius 1 is 1.18 bits per heavy atom. The molecular weight excluding hydrogens is 485 g/mol. The molecule has 2 aliphatic rings. The molecule has 0 N–H and O–H groups in total. The van der Waals surface area contributed by atoms with Gasteiger partial charge in [-0.15, -0.1) is 0 Å². The number of allylic oxidation sites excluding steroid dienone is 1. The average molecular weight is 516 g/mol. The first-order chi connectivity index (χ1) is 16.1. The predicted octanol–water partition coefficient (Wildman–Crippen LogP) is 5.71. The SMILES string of the molecule is COC(=O)Cc1ccc2c(c1)CCCC(Br)=C2c1ccc(O[C@H]2CCN(CCCF)C2)cc1. The number of fused-ring (bicyclic) bond motifs is 1. The number of nitrogens with zero attached hydrogens (tertiary/aromatic N) is 1. The second kappa shape index (κ2) is 11.3. The van der Waals surface area contributed by atoms with Gasteiger partial charge >= 0.3 is 5.97 Å². The van der Waals surface area contributed by atoms with Crippen molar-refractivity contribution in [3.8, 4) is 5.75 Å². The zero-order valence-electron chi connectivity index (χ0n) is 19.1. The molecule has 4 nitrogen and oxygen atoms in total. The lowest BCUT2D eigenvalue weighted by molar-refractivity contribution is -0.139. The third-order valence-corrected chi connectivity index (χ3v) is 7.20. The minimum absolute atomic E-state index is 0.160. The van der Waals surface area contributed by atoms with E-state index in [4.69, 9.17) is 9.47 Å². The van der Waals surface area contributed by atoms with Crippen LogP contribution in [-0.4, -0.2) is 50.4 Å². The van der Waals surface area contributed by atoms with Crippen molar-refractivity contribution in [2.45, 2.75) is 44.6 Å². The number of hydrogen-bond acceptors (Lipinski definition) is 4. The molecule has 1 atom stereocenters. The van der Waals surface area contributed by atoms with Crippen LogP contribution in [0.25, 0.3) is 5.57 Å². The molecule has 2 aromatic carbocycles. The Hall–Kier alpha value is -2.18. The summed E-state index contributed by atoms with van der Waals surface area (Å²) < 4.78 is 24.7. The fourth-order valence-corrected chi connectivity index (χ4v) is 5.46. The van der Waals surface area contributed by atoms with E-state index in [1.165, 1.54) is 28.3 Å². The van der Waals surface area contributed by atoms with Gasteiger partial charge in [-0.05, 0) is 72.1 Å². The molecule has 2 aromatic rings. The summed E-state index contributed by atoms with van der Waals surface area (Å²) in [5.41, 5.74) is 5.81. The number of aryl methyl sites for hydroxylation is 1. The molecule has 0 saturated carbocycles. The number of carbonyl (C=O) groups excluding carboxylic acids is 1. The van der Waals surface area contributed by atoms with Crippen LogP contribution >= 0.6 is 15.9 Å². The number of ether oxygens (including phenoxy) is 2. The lowest BCUT2D eigenvalue weighted by Crippen LogP contribution is -2.26.